The SMILES string of the molecule is CC(C)(COCc1ccccc1)OC(=O)C1CCNCC1. The Morgan fingerprint density at radius 2 is 1.90 bits per heavy atom. The molecule has 1 aromatic rings. The van der Waals surface area contributed by atoms with Gasteiger partial charge < -0.3 is 14.8 Å². The van der Waals surface area contributed by atoms with E-state index in [1.165, 1.54) is 0 Å². The molecule has 0 unspecified atom stereocenters. The van der Waals surface area contributed by atoms with E-state index < -0.39 is 5.60 Å². The van der Waals surface area contributed by atoms with Crippen LogP contribution in [0.1, 0.15) is 32.3 Å². The molecule has 1 aliphatic rings. The minimum atomic E-state index is -0.587. The number of benzene rings is 1. The van der Waals surface area contributed by atoms with Crippen LogP contribution in [0.3, 0.4) is 0 Å². The summed E-state index contributed by atoms with van der Waals surface area (Å²) in [6.45, 7) is 6.52. The van der Waals surface area contributed by atoms with Crippen molar-refractivity contribution in [2.24, 2.45) is 5.92 Å². The second kappa shape index (κ2) is 7.57. The molecule has 1 N–H and O–H groups in total. The maximum atomic E-state index is 12.1. The first-order chi connectivity index (χ1) is 10.1. The zero-order valence-corrected chi connectivity index (χ0v) is 12.9. The molecule has 1 heterocycles. The number of ether oxygens (including phenoxy) is 2. The van der Waals surface area contributed by atoms with Gasteiger partial charge in [0.05, 0.1) is 19.1 Å². The molecule has 2 rings (SSSR count). The lowest BCUT2D eigenvalue weighted by Crippen LogP contribution is -2.39. The lowest BCUT2D eigenvalue weighted by Gasteiger charge is -2.29. The quantitative estimate of drug-likeness (QED) is 0.818. The monoisotopic (exact) mass is 291 g/mol. The molecule has 0 radical (unpaired) electrons. The van der Waals surface area contributed by atoms with Crippen LogP contribution in [0.2, 0.25) is 0 Å². The van der Waals surface area contributed by atoms with Gasteiger partial charge in [0.2, 0.25) is 0 Å². The summed E-state index contributed by atoms with van der Waals surface area (Å²) in [7, 11) is 0. The van der Waals surface area contributed by atoms with E-state index >= 15 is 0 Å². The fourth-order valence-corrected chi connectivity index (χ4v) is 2.43. The lowest BCUT2D eigenvalue weighted by atomic mass is 9.98. The van der Waals surface area contributed by atoms with E-state index in [0.717, 1.165) is 31.5 Å². The third kappa shape index (κ3) is 5.48. The minimum absolute atomic E-state index is 0.0275. The molecule has 0 aromatic heterocycles. The highest BCUT2D eigenvalue weighted by Gasteiger charge is 2.29. The largest absolute Gasteiger partial charge is 0.457 e. The van der Waals surface area contributed by atoms with Gasteiger partial charge in [-0.15, -0.1) is 0 Å². The average Bonchev–Trinajstić information content (AvgIpc) is 2.48. The van der Waals surface area contributed by atoms with Crippen molar-refractivity contribution in [1.29, 1.82) is 0 Å². The van der Waals surface area contributed by atoms with Crippen LogP contribution in [0, 0.1) is 5.92 Å². The van der Waals surface area contributed by atoms with Crippen LogP contribution in [-0.2, 0) is 20.9 Å². The Hall–Kier alpha value is -1.39. The Morgan fingerprint density at radius 1 is 1.24 bits per heavy atom. The van der Waals surface area contributed by atoms with E-state index in [9.17, 15) is 4.79 Å². The first-order valence-electron chi connectivity index (χ1n) is 7.62. The predicted molar refractivity (Wildman–Crippen MR) is 81.9 cm³/mol. The van der Waals surface area contributed by atoms with E-state index in [1.54, 1.807) is 0 Å². The van der Waals surface area contributed by atoms with Gasteiger partial charge in [0.1, 0.15) is 5.60 Å². The summed E-state index contributed by atoms with van der Waals surface area (Å²) < 4.78 is 11.3. The normalized spacial score (nSPS) is 16.7. The Morgan fingerprint density at radius 3 is 2.57 bits per heavy atom. The zero-order valence-electron chi connectivity index (χ0n) is 12.9. The predicted octanol–water partition coefficient (Wildman–Crippen LogP) is 2.52. The van der Waals surface area contributed by atoms with Gasteiger partial charge in [0, 0.05) is 0 Å². The zero-order chi connectivity index (χ0) is 15.1. The minimum Gasteiger partial charge on any atom is -0.457 e. The number of hydrogen-bond acceptors (Lipinski definition) is 4. The third-order valence-electron chi connectivity index (χ3n) is 3.61. The van der Waals surface area contributed by atoms with Crippen LogP contribution in [-0.4, -0.2) is 31.3 Å². The molecule has 116 valence electrons. The van der Waals surface area contributed by atoms with Crippen molar-refractivity contribution in [3.8, 4) is 0 Å². The topological polar surface area (TPSA) is 47.6 Å². The molecule has 1 saturated heterocycles. The molecule has 4 nitrogen and oxygen atoms in total. The molecule has 0 spiro atoms. The van der Waals surface area contributed by atoms with E-state index in [1.807, 2.05) is 44.2 Å². The summed E-state index contributed by atoms with van der Waals surface area (Å²) in [6, 6.07) is 10.00. The van der Waals surface area contributed by atoms with Gasteiger partial charge in [-0.05, 0) is 45.3 Å². The van der Waals surface area contributed by atoms with Crippen molar-refractivity contribution >= 4 is 5.97 Å². The van der Waals surface area contributed by atoms with Gasteiger partial charge in [-0.1, -0.05) is 30.3 Å². The Labute approximate surface area is 126 Å². The standard InChI is InChI=1S/C17H25NO3/c1-17(2,13-20-12-14-6-4-3-5-7-14)21-16(19)15-8-10-18-11-9-15/h3-7,15,18H,8-13H2,1-2H3. The molecular weight excluding hydrogens is 266 g/mol. The molecule has 4 heteroatoms. The number of rotatable bonds is 6. The summed E-state index contributed by atoms with van der Waals surface area (Å²) >= 11 is 0. The smallest absolute Gasteiger partial charge is 0.309 e. The van der Waals surface area contributed by atoms with Crippen molar-refractivity contribution in [2.75, 3.05) is 19.7 Å². The van der Waals surface area contributed by atoms with E-state index in [2.05, 4.69) is 5.32 Å². The van der Waals surface area contributed by atoms with E-state index in [4.69, 9.17) is 9.47 Å². The van der Waals surface area contributed by atoms with Gasteiger partial charge in [0.25, 0.3) is 0 Å². The van der Waals surface area contributed by atoms with Crippen molar-refractivity contribution in [1.82, 2.24) is 5.32 Å². The summed E-state index contributed by atoms with van der Waals surface area (Å²) in [5.74, 6) is -0.0653. The van der Waals surface area contributed by atoms with E-state index in [0.29, 0.717) is 13.2 Å². The number of piperidine rings is 1. The number of esters is 1. The molecule has 1 fully saturated rings. The van der Waals surface area contributed by atoms with Crippen molar-refractivity contribution in [2.45, 2.75) is 38.9 Å². The van der Waals surface area contributed by atoms with Crippen molar-refractivity contribution < 1.29 is 14.3 Å². The molecule has 0 aliphatic carbocycles. The maximum absolute atomic E-state index is 12.1. The number of nitrogens with one attached hydrogen (secondary N) is 1. The highest BCUT2D eigenvalue weighted by Crippen LogP contribution is 2.19. The summed E-state index contributed by atoms with van der Waals surface area (Å²) in [5.41, 5.74) is 0.537. The Balaban J connectivity index is 1.74. The second-order valence-electron chi connectivity index (χ2n) is 6.18. The van der Waals surface area contributed by atoms with Crippen LogP contribution in [0.25, 0.3) is 0 Å². The fourth-order valence-electron chi connectivity index (χ4n) is 2.43. The van der Waals surface area contributed by atoms with Crippen LogP contribution < -0.4 is 5.32 Å². The Kier molecular flexibility index (Phi) is 5.76. The number of carbonyl (C=O) groups is 1. The van der Waals surface area contributed by atoms with Crippen LogP contribution in [0.4, 0.5) is 0 Å². The molecule has 0 amide bonds. The summed E-state index contributed by atoms with van der Waals surface area (Å²) in [4.78, 5) is 12.1. The van der Waals surface area contributed by atoms with E-state index in [-0.39, 0.29) is 11.9 Å². The van der Waals surface area contributed by atoms with Crippen molar-refractivity contribution in [3.63, 3.8) is 0 Å². The third-order valence-corrected chi connectivity index (χ3v) is 3.61. The fraction of sp³-hybridized carbons (Fsp3) is 0.588. The molecule has 21 heavy (non-hydrogen) atoms. The first kappa shape index (κ1) is 16.0. The molecular formula is C17H25NO3. The summed E-state index contributed by atoms with van der Waals surface area (Å²) in [5, 5.41) is 3.25. The first-order valence-corrected chi connectivity index (χ1v) is 7.62. The number of hydrogen-bond donors (Lipinski definition) is 1. The Bertz CT molecular complexity index is 439. The molecule has 1 aliphatic heterocycles. The summed E-state index contributed by atoms with van der Waals surface area (Å²) in [6.07, 6.45) is 1.72. The van der Waals surface area contributed by atoms with Crippen LogP contribution >= 0.6 is 0 Å². The lowest BCUT2D eigenvalue weighted by molar-refractivity contribution is -0.168. The molecule has 0 saturated carbocycles. The van der Waals surface area contributed by atoms with Gasteiger partial charge in [-0.25, -0.2) is 0 Å². The second-order valence-corrected chi connectivity index (χ2v) is 6.18. The average molecular weight is 291 g/mol. The highest BCUT2D eigenvalue weighted by molar-refractivity contribution is 5.73. The van der Waals surface area contributed by atoms with Gasteiger partial charge in [0.15, 0.2) is 0 Å². The molecule has 0 atom stereocenters. The van der Waals surface area contributed by atoms with Gasteiger partial charge in [-0.3, -0.25) is 4.79 Å². The highest BCUT2D eigenvalue weighted by atomic mass is 16.6. The number of carbonyl (C=O) groups excluding carboxylic acids is 1. The van der Waals surface area contributed by atoms with Gasteiger partial charge >= 0.3 is 5.97 Å². The van der Waals surface area contributed by atoms with Gasteiger partial charge in [-0.2, -0.15) is 0 Å². The molecule has 1 aromatic carbocycles. The van der Waals surface area contributed by atoms with Crippen molar-refractivity contribution in [3.05, 3.63) is 35.9 Å². The molecule has 0 bridgehead atoms. The maximum Gasteiger partial charge on any atom is 0.309 e. The van der Waals surface area contributed by atoms with Crippen LogP contribution in [0.15, 0.2) is 30.3 Å². The van der Waals surface area contributed by atoms with Crippen LogP contribution in [0.5, 0.6) is 0 Å².